The van der Waals surface area contributed by atoms with E-state index < -0.39 is 57.6 Å². The Kier molecular flexibility index (Phi) is 41.6. The molecule has 4 N–H and O–H groups in total. The van der Waals surface area contributed by atoms with E-state index in [1.165, 1.54) is 141 Å². The van der Waals surface area contributed by atoms with Crippen molar-refractivity contribution in [2.75, 3.05) is 19.8 Å². The number of carboxylic acids is 1. The van der Waals surface area contributed by atoms with Gasteiger partial charge in [0.1, 0.15) is 12.7 Å². The summed E-state index contributed by atoms with van der Waals surface area (Å²) in [4.78, 5) is 45.9. The van der Waals surface area contributed by atoms with Crippen molar-refractivity contribution in [1.29, 1.82) is 0 Å². The van der Waals surface area contributed by atoms with Crippen molar-refractivity contribution < 1.29 is 47.8 Å². The van der Waals surface area contributed by atoms with E-state index >= 15 is 0 Å². The van der Waals surface area contributed by atoms with Gasteiger partial charge >= 0.3 is 19.8 Å². The normalized spacial score (nSPS) is 13.7. The van der Waals surface area contributed by atoms with Crippen molar-refractivity contribution in [3.05, 3.63) is 12.2 Å². The van der Waals surface area contributed by atoms with Gasteiger partial charge in [0, 0.05) is 12.8 Å². The molecular formula is C47H90NO10P. The monoisotopic (exact) mass is 860 g/mol. The smallest absolute Gasteiger partial charge is 0.472 e. The number of phosphoric ester groups is 1. The van der Waals surface area contributed by atoms with Gasteiger partial charge in [-0.3, -0.25) is 18.6 Å². The summed E-state index contributed by atoms with van der Waals surface area (Å²) in [6, 6.07) is -1.55. The Labute approximate surface area is 360 Å². The number of hydrogen-bond acceptors (Lipinski definition) is 8. The zero-order valence-corrected chi connectivity index (χ0v) is 38.7. The van der Waals surface area contributed by atoms with Crippen LogP contribution in [0.1, 0.15) is 239 Å². The molecular weight excluding hydrogens is 769 g/mol. The van der Waals surface area contributed by atoms with Crippen LogP contribution in [0.5, 0.6) is 0 Å². The minimum atomic E-state index is -4.75. The van der Waals surface area contributed by atoms with Gasteiger partial charge in [0.25, 0.3) is 0 Å². The van der Waals surface area contributed by atoms with E-state index in [4.69, 9.17) is 13.8 Å². The van der Waals surface area contributed by atoms with Gasteiger partial charge in [0.15, 0.2) is 6.04 Å². The maximum atomic E-state index is 12.3. The first kappa shape index (κ1) is 57.2. The zero-order chi connectivity index (χ0) is 43.5. The summed E-state index contributed by atoms with van der Waals surface area (Å²) in [5.74, 6) is -2.37. The van der Waals surface area contributed by atoms with E-state index in [-0.39, 0.29) is 12.8 Å². The van der Waals surface area contributed by atoms with E-state index in [0.29, 0.717) is 12.8 Å². The van der Waals surface area contributed by atoms with Gasteiger partial charge in [0.05, 0.1) is 13.2 Å². The van der Waals surface area contributed by atoms with Gasteiger partial charge in [-0.2, -0.15) is 0 Å². The van der Waals surface area contributed by atoms with Crippen LogP contribution in [-0.2, 0) is 32.7 Å². The molecule has 59 heavy (non-hydrogen) atoms. The average molecular weight is 860 g/mol. The third-order valence-corrected chi connectivity index (χ3v) is 11.8. The van der Waals surface area contributed by atoms with Gasteiger partial charge in [-0.25, -0.2) is 9.36 Å². The Bertz CT molecular complexity index is 1060. The molecule has 0 saturated heterocycles. The standard InChI is InChI=1S/C47H90NO10P/c1-3-5-7-9-11-13-15-17-18-19-20-21-22-23-24-25-26-27-29-31-33-35-37-39-46(51)56-40-43(49)41-57-59(54,55)58-42-44(47(52)53)48-45(50)38-36-34-32-30-28-16-14-12-10-8-6-4-2/h12,14,43-44,49H,3-11,13,15-42H2,1-2H3,(H,48,50)(H,52,53)(H,54,55)/b14-12-. The van der Waals surface area contributed by atoms with Crippen LogP contribution in [0.3, 0.4) is 0 Å². The minimum absolute atomic E-state index is 0.138. The van der Waals surface area contributed by atoms with Crippen LogP contribution >= 0.6 is 7.82 Å². The second-order valence-corrected chi connectivity index (χ2v) is 18.1. The van der Waals surface area contributed by atoms with Gasteiger partial charge in [0.2, 0.25) is 5.91 Å². The van der Waals surface area contributed by atoms with Gasteiger partial charge in [-0.05, 0) is 38.5 Å². The Morgan fingerprint density at radius 3 is 1.32 bits per heavy atom. The van der Waals surface area contributed by atoms with Crippen molar-refractivity contribution >= 4 is 25.7 Å². The van der Waals surface area contributed by atoms with Crippen molar-refractivity contribution in [3.63, 3.8) is 0 Å². The zero-order valence-electron chi connectivity index (χ0n) is 37.8. The number of aliphatic hydroxyl groups is 1. The molecule has 0 rings (SSSR count). The third-order valence-electron chi connectivity index (χ3n) is 10.8. The molecule has 1 amide bonds. The molecule has 0 spiro atoms. The molecule has 0 bridgehead atoms. The number of ether oxygens (including phenoxy) is 1. The highest BCUT2D eigenvalue weighted by Gasteiger charge is 2.28. The van der Waals surface area contributed by atoms with Crippen molar-refractivity contribution in [1.82, 2.24) is 5.32 Å². The van der Waals surface area contributed by atoms with E-state index in [2.05, 4.69) is 31.3 Å². The molecule has 0 aromatic carbocycles. The van der Waals surface area contributed by atoms with Crippen LogP contribution in [0, 0.1) is 0 Å². The van der Waals surface area contributed by atoms with Crippen LogP contribution in [0.4, 0.5) is 0 Å². The maximum Gasteiger partial charge on any atom is 0.472 e. The second kappa shape index (κ2) is 42.9. The van der Waals surface area contributed by atoms with Crippen molar-refractivity contribution in [3.8, 4) is 0 Å². The Hall–Kier alpha value is -1.78. The lowest BCUT2D eigenvalue weighted by atomic mass is 10.0. The number of aliphatic carboxylic acids is 1. The van der Waals surface area contributed by atoms with Crippen molar-refractivity contribution in [2.45, 2.75) is 251 Å². The number of rotatable bonds is 46. The van der Waals surface area contributed by atoms with Crippen molar-refractivity contribution in [2.24, 2.45) is 0 Å². The molecule has 12 heteroatoms. The summed E-state index contributed by atoms with van der Waals surface area (Å²) >= 11 is 0. The molecule has 0 aliphatic heterocycles. The first-order chi connectivity index (χ1) is 28.6. The highest BCUT2D eigenvalue weighted by molar-refractivity contribution is 7.47. The van der Waals surface area contributed by atoms with E-state index in [9.17, 15) is 34.1 Å². The Morgan fingerprint density at radius 1 is 0.525 bits per heavy atom. The molecule has 0 saturated carbocycles. The molecule has 0 radical (unpaired) electrons. The molecule has 0 aromatic rings. The fourth-order valence-electron chi connectivity index (χ4n) is 7.02. The second-order valence-electron chi connectivity index (χ2n) is 16.7. The quantitative estimate of drug-likeness (QED) is 0.0200. The first-order valence-electron chi connectivity index (χ1n) is 24.2. The van der Waals surface area contributed by atoms with E-state index in [0.717, 1.165) is 57.8 Å². The molecule has 0 fully saturated rings. The molecule has 3 atom stereocenters. The van der Waals surface area contributed by atoms with Gasteiger partial charge in [-0.1, -0.05) is 199 Å². The molecule has 0 aromatic heterocycles. The topological polar surface area (TPSA) is 169 Å². The summed E-state index contributed by atoms with van der Waals surface area (Å²) in [6.45, 7) is 2.59. The number of esters is 1. The fraction of sp³-hybridized carbons (Fsp3) is 0.894. The van der Waals surface area contributed by atoms with Crippen LogP contribution in [0.25, 0.3) is 0 Å². The third kappa shape index (κ3) is 42.7. The fourth-order valence-corrected chi connectivity index (χ4v) is 7.79. The number of hydrogen-bond donors (Lipinski definition) is 4. The largest absolute Gasteiger partial charge is 0.480 e. The molecule has 348 valence electrons. The first-order valence-corrected chi connectivity index (χ1v) is 25.7. The number of allylic oxidation sites excluding steroid dienone is 2. The van der Waals surface area contributed by atoms with E-state index in [1.54, 1.807) is 0 Å². The lowest BCUT2D eigenvalue weighted by Gasteiger charge is -2.18. The highest BCUT2D eigenvalue weighted by atomic mass is 31.2. The number of phosphoric acid groups is 1. The molecule has 3 unspecified atom stereocenters. The molecule has 0 aliphatic rings. The summed E-state index contributed by atoms with van der Waals surface area (Å²) in [5, 5.41) is 21.8. The summed E-state index contributed by atoms with van der Waals surface area (Å²) in [7, 11) is -4.75. The van der Waals surface area contributed by atoms with Crippen LogP contribution in [0.15, 0.2) is 12.2 Å². The number of carbonyl (C=O) groups excluding carboxylic acids is 2. The maximum absolute atomic E-state index is 12.3. The lowest BCUT2D eigenvalue weighted by Crippen LogP contribution is -2.43. The van der Waals surface area contributed by atoms with Crippen LogP contribution in [-0.4, -0.2) is 64.9 Å². The summed E-state index contributed by atoms with van der Waals surface area (Å²) in [5.41, 5.74) is 0. The van der Waals surface area contributed by atoms with Gasteiger partial charge < -0.3 is 25.2 Å². The number of unbranched alkanes of at least 4 members (excludes halogenated alkanes) is 30. The Balaban J connectivity index is 3.76. The summed E-state index contributed by atoms with van der Waals surface area (Å²) < 4.78 is 26.9. The van der Waals surface area contributed by atoms with Crippen LogP contribution < -0.4 is 5.32 Å². The minimum Gasteiger partial charge on any atom is -0.480 e. The van der Waals surface area contributed by atoms with Gasteiger partial charge in [-0.15, -0.1) is 0 Å². The summed E-state index contributed by atoms with van der Waals surface area (Å²) in [6.07, 6.45) is 43.9. The molecule has 11 nitrogen and oxygen atoms in total. The number of amides is 1. The lowest BCUT2D eigenvalue weighted by molar-refractivity contribution is -0.147. The highest BCUT2D eigenvalue weighted by Crippen LogP contribution is 2.43. The predicted octanol–water partition coefficient (Wildman–Crippen LogP) is 12.8. The molecule has 0 aliphatic carbocycles. The SMILES string of the molecule is CCCCC/C=C\CCCCCCCC(=O)NC(COP(=O)(O)OCC(O)COC(=O)CCCCCCCCCCCCCCCCCCCCCCCCC)C(=O)O. The Morgan fingerprint density at radius 2 is 0.881 bits per heavy atom. The number of aliphatic hydroxyl groups excluding tert-OH is 1. The van der Waals surface area contributed by atoms with E-state index in [1.807, 2.05) is 0 Å². The van der Waals surface area contributed by atoms with Crippen LogP contribution in [0.2, 0.25) is 0 Å². The number of nitrogens with one attached hydrogen (secondary N) is 1. The average Bonchev–Trinajstić information content (AvgIpc) is 3.21. The molecule has 0 heterocycles. The predicted molar refractivity (Wildman–Crippen MR) is 240 cm³/mol. The number of carboxylic acid groups (broad SMARTS) is 1. The number of carbonyl (C=O) groups is 3.